The van der Waals surface area contributed by atoms with Gasteiger partial charge in [0.2, 0.25) is 0 Å². The molecular weight excluding hydrogens is 537 g/mol. The first-order valence-electron chi connectivity index (χ1n) is 11.8. The summed E-state index contributed by atoms with van der Waals surface area (Å²) in [5.74, 6) is 0.0112. The van der Waals surface area contributed by atoms with Crippen LogP contribution in [-0.4, -0.2) is 36.2 Å². The summed E-state index contributed by atoms with van der Waals surface area (Å²) in [7, 11) is 3.25. The predicted molar refractivity (Wildman–Crippen MR) is 147 cm³/mol. The summed E-state index contributed by atoms with van der Waals surface area (Å²) in [6, 6.07) is 13.6. The maximum Gasteiger partial charge on any atom is 0.260 e. The van der Waals surface area contributed by atoms with Crippen molar-refractivity contribution in [1.82, 2.24) is 9.97 Å². The molecule has 188 valence electrons. The topological polar surface area (TPSA) is 91.2 Å². The molecular formula is C28H25BrFN5O2. The van der Waals surface area contributed by atoms with Crippen LogP contribution >= 0.6 is 15.9 Å². The van der Waals surface area contributed by atoms with Crippen LogP contribution in [0.15, 0.2) is 59.3 Å². The summed E-state index contributed by atoms with van der Waals surface area (Å²) in [6.07, 6.45) is 5.11. The summed E-state index contributed by atoms with van der Waals surface area (Å²) in [6.45, 7) is 0.196. The quantitative estimate of drug-likeness (QED) is 0.194. The molecule has 1 aliphatic rings. The van der Waals surface area contributed by atoms with E-state index in [1.54, 1.807) is 30.3 Å². The minimum absolute atomic E-state index is 0.196. The minimum Gasteiger partial charge on any atom is -0.494 e. The molecule has 1 fully saturated rings. The first-order valence-corrected chi connectivity index (χ1v) is 12.6. The van der Waals surface area contributed by atoms with E-state index in [2.05, 4.69) is 31.2 Å². The normalized spacial score (nSPS) is 12.9. The Hall–Kier alpha value is -3.85. The number of anilines is 2. The molecule has 37 heavy (non-hydrogen) atoms. The molecule has 0 radical (unpaired) electrons. The number of halogens is 2. The summed E-state index contributed by atoms with van der Waals surface area (Å²) in [4.78, 5) is 24.5. The van der Waals surface area contributed by atoms with Gasteiger partial charge in [0.25, 0.3) is 5.91 Å². The number of hydrogen-bond acceptors (Lipinski definition) is 6. The Kier molecular flexibility index (Phi) is 6.88. The summed E-state index contributed by atoms with van der Waals surface area (Å²) in [5, 5.41) is 11.7. The zero-order chi connectivity index (χ0) is 26.1. The molecule has 5 rings (SSSR count). The third-order valence-electron chi connectivity index (χ3n) is 6.48. The highest BCUT2D eigenvalue weighted by atomic mass is 79.9. The second-order valence-corrected chi connectivity index (χ2v) is 9.64. The average Bonchev–Trinajstić information content (AvgIpc) is 3.76. The first kappa shape index (κ1) is 24.8. The molecule has 0 bridgehead atoms. The number of nitrogens with zero attached hydrogens (tertiary/aromatic N) is 3. The third-order valence-corrected chi connectivity index (χ3v) is 7.09. The Labute approximate surface area is 222 Å². The molecule has 2 heterocycles. The van der Waals surface area contributed by atoms with E-state index in [-0.39, 0.29) is 18.2 Å². The van der Waals surface area contributed by atoms with Crippen molar-refractivity contribution in [3.8, 4) is 5.75 Å². The Balaban J connectivity index is 1.56. The first-order chi connectivity index (χ1) is 17.9. The fourth-order valence-corrected chi connectivity index (χ4v) is 4.93. The molecule has 0 atom stereocenters. The second-order valence-electron chi connectivity index (χ2n) is 8.89. The van der Waals surface area contributed by atoms with Gasteiger partial charge in [0, 0.05) is 48.1 Å². The molecule has 2 aromatic carbocycles. The number of nitrogens with one attached hydrogen (secondary N) is 2. The van der Waals surface area contributed by atoms with E-state index >= 15 is 0 Å². The van der Waals surface area contributed by atoms with Crippen LogP contribution < -0.4 is 15.0 Å². The van der Waals surface area contributed by atoms with Crippen molar-refractivity contribution in [2.24, 2.45) is 0 Å². The molecule has 2 aromatic heterocycles. The van der Waals surface area contributed by atoms with Crippen molar-refractivity contribution < 1.29 is 13.9 Å². The van der Waals surface area contributed by atoms with Gasteiger partial charge in [0.05, 0.1) is 36.1 Å². The number of hydrogen-bond donors (Lipinski definition) is 2. The van der Waals surface area contributed by atoms with E-state index in [0.29, 0.717) is 32.9 Å². The van der Waals surface area contributed by atoms with Crippen LogP contribution in [0.1, 0.15) is 45.9 Å². The number of carbonyl (C=O) groups is 1. The number of amides is 1. The molecule has 1 saturated carbocycles. The number of carbonyl (C=O) groups excluding carboxylic acids is 1. The van der Waals surface area contributed by atoms with E-state index in [1.165, 1.54) is 25.5 Å². The number of rotatable bonds is 8. The molecule has 2 N–H and O–H groups in total. The van der Waals surface area contributed by atoms with Crippen molar-refractivity contribution in [3.05, 3.63) is 87.5 Å². The molecule has 0 spiro atoms. The third kappa shape index (κ3) is 4.91. The highest BCUT2D eigenvalue weighted by Crippen LogP contribution is 2.39. The number of benzene rings is 2. The number of fused-ring (bicyclic) bond motifs is 1. The van der Waals surface area contributed by atoms with Gasteiger partial charge >= 0.3 is 0 Å². The van der Waals surface area contributed by atoms with Crippen LogP contribution in [0.5, 0.6) is 5.75 Å². The lowest BCUT2D eigenvalue weighted by molar-refractivity contribution is 0.0984. The Morgan fingerprint density at radius 2 is 2.05 bits per heavy atom. The van der Waals surface area contributed by atoms with Crippen molar-refractivity contribution in [2.75, 3.05) is 24.4 Å². The fraction of sp³-hybridized carbons (Fsp3) is 0.214. The molecule has 0 aliphatic heterocycles. The standard InChI is InChI=1S/C28H25BrFN5O2/c1-32-26-20-8-3-16(11-23(20)34-27(29)21(26)13-31)15-35(24-10-7-19(30)12-25(24)37-2)28(36)18-6-9-22(33-14-18)17-4-5-17/h3,6-14,17,31H,4-5,15H2,1-2H3,(H,32,34). The molecule has 0 saturated heterocycles. The van der Waals surface area contributed by atoms with Crippen LogP contribution in [0.25, 0.3) is 10.9 Å². The Morgan fingerprint density at radius 3 is 2.70 bits per heavy atom. The van der Waals surface area contributed by atoms with Gasteiger partial charge < -0.3 is 20.4 Å². The predicted octanol–water partition coefficient (Wildman–Crippen LogP) is 6.30. The Bertz CT molecular complexity index is 1510. The highest BCUT2D eigenvalue weighted by Gasteiger charge is 2.26. The van der Waals surface area contributed by atoms with E-state index in [1.807, 2.05) is 24.3 Å². The van der Waals surface area contributed by atoms with Gasteiger partial charge in [-0.25, -0.2) is 9.37 Å². The van der Waals surface area contributed by atoms with Gasteiger partial charge in [-0.05, 0) is 64.7 Å². The van der Waals surface area contributed by atoms with Crippen molar-refractivity contribution in [3.63, 3.8) is 0 Å². The van der Waals surface area contributed by atoms with Crippen LogP contribution in [0.2, 0.25) is 0 Å². The van der Waals surface area contributed by atoms with E-state index in [9.17, 15) is 9.18 Å². The second kappa shape index (κ2) is 10.3. The van der Waals surface area contributed by atoms with Gasteiger partial charge in [-0.3, -0.25) is 9.78 Å². The van der Waals surface area contributed by atoms with Crippen LogP contribution in [-0.2, 0) is 6.54 Å². The van der Waals surface area contributed by atoms with Crippen LogP contribution in [0, 0.1) is 11.2 Å². The van der Waals surface area contributed by atoms with E-state index in [4.69, 9.17) is 10.1 Å². The molecule has 1 amide bonds. The molecule has 9 heteroatoms. The minimum atomic E-state index is -0.454. The summed E-state index contributed by atoms with van der Waals surface area (Å²) in [5.41, 5.74) is 4.84. The molecule has 1 aliphatic carbocycles. The highest BCUT2D eigenvalue weighted by molar-refractivity contribution is 9.10. The van der Waals surface area contributed by atoms with Gasteiger partial charge in [-0.1, -0.05) is 12.1 Å². The smallest absolute Gasteiger partial charge is 0.260 e. The van der Waals surface area contributed by atoms with Crippen molar-refractivity contribution >= 4 is 50.3 Å². The zero-order valence-electron chi connectivity index (χ0n) is 20.4. The summed E-state index contributed by atoms with van der Waals surface area (Å²) >= 11 is 3.46. The van der Waals surface area contributed by atoms with Gasteiger partial charge in [0.15, 0.2) is 0 Å². The SMILES string of the molecule is CNc1c(C=N)c(Br)nc2cc(CN(C(=O)c3ccc(C4CC4)nc3)c3ccc(F)cc3OC)ccc12. The molecule has 7 nitrogen and oxygen atoms in total. The molecule has 4 aromatic rings. The van der Waals surface area contributed by atoms with E-state index in [0.717, 1.165) is 35.2 Å². The lowest BCUT2D eigenvalue weighted by atomic mass is 10.1. The zero-order valence-corrected chi connectivity index (χ0v) is 22.0. The maximum atomic E-state index is 14.0. The maximum absolute atomic E-state index is 14.0. The average molecular weight is 562 g/mol. The lowest BCUT2D eigenvalue weighted by Crippen LogP contribution is -2.31. The largest absolute Gasteiger partial charge is 0.494 e. The van der Waals surface area contributed by atoms with Gasteiger partial charge in [0.1, 0.15) is 16.2 Å². The fourth-order valence-electron chi connectivity index (χ4n) is 4.43. The van der Waals surface area contributed by atoms with Crippen molar-refractivity contribution in [2.45, 2.75) is 25.3 Å². The summed E-state index contributed by atoms with van der Waals surface area (Å²) < 4.78 is 20.0. The van der Waals surface area contributed by atoms with Crippen LogP contribution in [0.3, 0.4) is 0 Å². The van der Waals surface area contributed by atoms with E-state index < -0.39 is 5.82 Å². The number of ether oxygens (including phenoxy) is 1. The number of methoxy groups -OCH3 is 1. The lowest BCUT2D eigenvalue weighted by Gasteiger charge is -2.25. The Morgan fingerprint density at radius 1 is 1.24 bits per heavy atom. The van der Waals surface area contributed by atoms with Gasteiger partial charge in [-0.2, -0.15) is 0 Å². The number of aromatic nitrogens is 2. The van der Waals surface area contributed by atoms with Crippen LogP contribution in [0.4, 0.5) is 15.8 Å². The molecule has 0 unspecified atom stereocenters. The van der Waals surface area contributed by atoms with Gasteiger partial charge in [-0.15, -0.1) is 0 Å². The number of pyridine rings is 2. The van der Waals surface area contributed by atoms with Crippen molar-refractivity contribution in [1.29, 1.82) is 5.41 Å². The monoisotopic (exact) mass is 561 g/mol.